The first kappa shape index (κ1) is 39.5. The van der Waals surface area contributed by atoms with E-state index in [9.17, 15) is 19.8 Å². The first-order chi connectivity index (χ1) is 27.0. The standard InChI is InChI=1S/C48H46O8/c1-31(2)46(51)55-29-38(49)27-53-42-25-21-35-15-9-11-17-40(35)44(42)48(5,37-23-19-34(20-24-37)33-13-7-6-8-14-33)45-41-18-12-10-16-36(41)22-26-43(45)54-28-39(50)30-56-47(52)32(3)4/h6-26,38-39,49-50H,1,3,27-30H2,2,4-5H3. The molecule has 0 amide bonds. The summed E-state index contributed by atoms with van der Waals surface area (Å²) in [4.78, 5) is 24.2. The lowest BCUT2D eigenvalue weighted by Gasteiger charge is -2.37. The summed E-state index contributed by atoms with van der Waals surface area (Å²) in [5.41, 5.74) is 4.13. The van der Waals surface area contributed by atoms with Crippen LogP contribution in [0, 0.1) is 0 Å². The van der Waals surface area contributed by atoms with E-state index in [1.165, 1.54) is 0 Å². The van der Waals surface area contributed by atoms with Gasteiger partial charge in [0.1, 0.15) is 50.1 Å². The lowest BCUT2D eigenvalue weighted by atomic mass is 9.67. The highest BCUT2D eigenvalue weighted by Gasteiger charge is 2.40. The monoisotopic (exact) mass is 750 g/mol. The molecule has 286 valence electrons. The van der Waals surface area contributed by atoms with E-state index in [2.05, 4.69) is 56.5 Å². The van der Waals surface area contributed by atoms with Crippen molar-refractivity contribution in [3.8, 4) is 22.6 Å². The normalized spacial score (nSPS) is 13.3. The predicted octanol–water partition coefficient (Wildman–Crippen LogP) is 8.73. The molecule has 0 saturated heterocycles. The SMILES string of the molecule is C=C(C)C(=O)OCC(O)COc1ccc2ccccc2c1C(C)(c1ccc(-c2ccccc2)cc1)c1c(OCC(O)COC(=O)C(=C)C)ccc2ccccc12. The fourth-order valence-corrected chi connectivity index (χ4v) is 6.87. The summed E-state index contributed by atoms with van der Waals surface area (Å²) >= 11 is 0. The molecule has 0 bridgehead atoms. The molecule has 8 nitrogen and oxygen atoms in total. The molecule has 2 unspecified atom stereocenters. The zero-order valence-corrected chi connectivity index (χ0v) is 31.9. The molecule has 0 aliphatic heterocycles. The molecule has 6 aromatic carbocycles. The van der Waals surface area contributed by atoms with Gasteiger partial charge in [0.15, 0.2) is 0 Å². The third kappa shape index (κ3) is 8.68. The van der Waals surface area contributed by atoms with Gasteiger partial charge in [0, 0.05) is 22.3 Å². The van der Waals surface area contributed by atoms with Crippen LogP contribution in [0.5, 0.6) is 11.5 Å². The number of benzene rings is 6. The lowest BCUT2D eigenvalue weighted by Crippen LogP contribution is -2.31. The van der Waals surface area contributed by atoms with Crippen molar-refractivity contribution in [1.29, 1.82) is 0 Å². The first-order valence-corrected chi connectivity index (χ1v) is 18.4. The Labute approximate surface area is 327 Å². The number of hydrogen-bond donors (Lipinski definition) is 2. The second kappa shape index (κ2) is 17.5. The summed E-state index contributed by atoms with van der Waals surface area (Å²) in [5.74, 6) is -0.169. The van der Waals surface area contributed by atoms with Crippen LogP contribution in [0.3, 0.4) is 0 Å². The van der Waals surface area contributed by atoms with Gasteiger partial charge < -0.3 is 29.2 Å². The van der Waals surface area contributed by atoms with E-state index in [0.717, 1.165) is 49.4 Å². The van der Waals surface area contributed by atoms with Crippen LogP contribution >= 0.6 is 0 Å². The molecule has 56 heavy (non-hydrogen) atoms. The second-order valence-corrected chi connectivity index (χ2v) is 14.1. The molecule has 0 fully saturated rings. The number of carbonyl (C=O) groups excluding carboxylic acids is 2. The van der Waals surface area contributed by atoms with Crippen molar-refractivity contribution in [2.24, 2.45) is 0 Å². The molecular formula is C48H46O8. The van der Waals surface area contributed by atoms with Gasteiger partial charge in [-0.05, 0) is 71.1 Å². The van der Waals surface area contributed by atoms with Crippen LogP contribution in [-0.4, -0.2) is 60.8 Å². The molecule has 6 aromatic rings. The second-order valence-electron chi connectivity index (χ2n) is 14.1. The zero-order valence-electron chi connectivity index (χ0n) is 31.9. The van der Waals surface area contributed by atoms with Gasteiger partial charge >= 0.3 is 11.9 Å². The Kier molecular flexibility index (Phi) is 12.3. The van der Waals surface area contributed by atoms with E-state index >= 15 is 0 Å². The Bertz CT molecular complexity index is 2240. The summed E-state index contributed by atoms with van der Waals surface area (Å²) in [7, 11) is 0. The predicted molar refractivity (Wildman–Crippen MR) is 220 cm³/mol. The average molecular weight is 751 g/mol. The van der Waals surface area contributed by atoms with Gasteiger partial charge in [0.2, 0.25) is 0 Å². The van der Waals surface area contributed by atoms with Gasteiger partial charge in [-0.2, -0.15) is 0 Å². The number of ether oxygens (including phenoxy) is 4. The zero-order chi connectivity index (χ0) is 39.8. The molecule has 0 heterocycles. The molecule has 0 radical (unpaired) electrons. The van der Waals surface area contributed by atoms with Crippen molar-refractivity contribution < 1.29 is 38.7 Å². The van der Waals surface area contributed by atoms with Crippen LogP contribution in [0.15, 0.2) is 152 Å². The van der Waals surface area contributed by atoms with E-state index in [1.807, 2.05) is 91.0 Å². The highest BCUT2D eigenvalue weighted by molar-refractivity contribution is 5.95. The minimum absolute atomic E-state index is 0.161. The van der Waals surface area contributed by atoms with Crippen molar-refractivity contribution in [2.45, 2.75) is 38.4 Å². The van der Waals surface area contributed by atoms with Crippen molar-refractivity contribution in [3.63, 3.8) is 0 Å². The Morgan fingerprint density at radius 2 is 0.964 bits per heavy atom. The molecule has 6 rings (SSSR count). The Morgan fingerprint density at radius 1 is 0.554 bits per heavy atom. The van der Waals surface area contributed by atoms with Crippen LogP contribution < -0.4 is 9.47 Å². The third-order valence-electron chi connectivity index (χ3n) is 9.72. The molecule has 0 saturated carbocycles. The maximum Gasteiger partial charge on any atom is 0.333 e. The molecule has 2 atom stereocenters. The first-order valence-electron chi connectivity index (χ1n) is 18.4. The minimum Gasteiger partial charge on any atom is -0.490 e. The van der Waals surface area contributed by atoms with E-state index in [0.29, 0.717) is 11.5 Å². The minimum atomic E-state index is -1.12. The maximum absolute atomic E-state index is 12.1. The van der Waals surface area contributed by atoms with Gasteiger partial charge in [-0.25, -0.2) is 9.59 Å². The van der Waals surface area contributed by atoms with Gasteiger partial charge in [0.05, 0.1) is 5.41 Å². The van der Waals surface area contributed by atoms with E-state index in [-0.39, 0.29) is 37.6 Å². The average Bonchev–Trinajstić information content (AvgIpc) is 3.22. The topological polar surface area (TPSA) is 112 Å². The maximum atomic E-state index is 12.1. The highest BCUT2D eigenvalue weighted by atomic mass is 16.6. The molecule has 8 heteroatoms. The fraction of sp³-hybridized carbons (Fsp3) is 0.208. The summed E-state index contributed by atoms with van der Waals surface area (Å²) in [6.45, 7) is 11.6. The van der Waals surface area contributed by atoms with Gasteiger partial charge in [-0.1, -0.05) is 128 Å². The van der Waals surface area contributed by atoms with E-state index in [1.54, 1.807) is 13.8 Å². The molecule has 0 spiro atoms. The van der Waals surface area contributed by atoms with Crippen LogP contribution in [0.4, 0.5) is 0 Å². The number of fused-ring (bicyclic) bond motifs is 2. The number of aliphatic hydroxyl groups is 2. The Balaban J connectivity index is 1.54. The number of hydrogen-bond acceptors (Lipinski definition) is 8. The summed E-state index contributed by atoms with van der Waals surface area (Å²) in [6, 6.07) is 42.4. The summed E-state index contributed by atoms with van der Waals surface area (Å²) in [6.07, 6.45) is -2.24. The van der Waals surface area contributed by atoms with Crippen LogP contribution in [0.1, 0.15) is 37.5 Å². The Hall–Kier alpha value is -6.22. The van der Waals surface area contributed by atoms with E-state index in [4.69, 9.17) is 18.9 Å². The summed E-state index contributed by atoms with van der Waals surface area (Å²) < 4.78 is 23.5. The molecule has 2 N–H and O–H groups in total. The number of aliphatic hydroxyl groups excluding tert-OH is 2. The van der Waals surface area contributed by atoms with Crippen molar-refractivity contribution in [2.75, 3.05) is 26.4 Å². The highest BCUT2D eigenvalue weighted by Crippen LogP contribution is 2.51. The lowest BCUT2D eigenvalue weighted by molar-refractivity contribution is -0.143. The number of esters is 2. The Morgan fingerprint density at radius 3 is 1.41 bits per heavy atom. The largest absolute Gasteiger partial charge is 0.490 e. The molecule has 0 aromatic heterocycles. The smallest absolute Gasteiger partial charge is 0.333 e. The molecule has 0 aliphatic carbocycles. The fourth-order valence-electron chi connectivity index (χ4n) is 6.87. The van der Waals surface area contributed by atoms with Gasteiger partial charge in [0.25, 0.3) is 0 Å². The van der Waals surface area contributed by atoms with Crippen molar-refractivity contribution >= 4 is 33.5 Å². The molecular weight excluding hydrogens is 705 g/mol. The third-order valence-corrected chi connectivity index (χ3v) is 9.72. The van der Waals surface area contributed by atoms with Crippen molar-refractivity contribution in [3.05, 3.63) is 168 Å². The number of rotatable bonds is 16. The van der Waals surface area contributed by atoms with Crippen LogP contribution in [-0.2, 0) is 24.5 Å². The van der Waals surface area contributed by atoms with Crippen LogP contribution in [0.2, 0.25) is 0 Å². The van der Waals surface area contributed by atoms with E-state index < -0.39 is 29.6 Å². The summed E-state index contributed by atoms with van der Waals surface area (Å²) in [5, 5.41) is 25.6. The van der Waals surface area contributed by atoms with Crippen LogP contribution in [0.25, 0.3) is 32.7 Å². The van der Waals surface area contributed by atoms with Gasteiger partial charge in [-0.15, -0.1) is 0 Å². The van der Waals surface area contributed by atoms with Crippen molar-refractivity contribution in [1.82, 2.24) is 0 Å². The van der Waals surface area contributed by atoms with Gasteiger partial charge in [-0.3, -0.25) is 0 Å². The molecule has 0 aliphatic rings. The quantitative estimate of drug-likeness (QED) is 0.0574. The number of carbonyl (C=O) groups is 2.